The Balaban J connectivity index is 2.55. The molecule has 0 atom stereocenters. The Labute approximate surface area is 135 Å². The molecule has 0 aliphatic carbocycles. The van der Waals surface area contributed by atoms with E-state index in [2.05, 4.69) is 61.1 Å². The van der Waals surface area contributed by atoms with Gasteiger partial charge in [-0.05, 0) is 12.5 Å². The van der Waals surface area contributed by atoms with Crippen molar-refractivity contribution in [1.29, 1.82) is 0 Å². The van der Waals surface area contributed by atoms with Crippen LogP contribution in [0.3, 0.4) is 0 Å². The van der Waals surface area contributed by atoms with E-state index in [1.807, 2.05) is 0 Å². The van der Waals surface area contributed by atoms with Gasteiger partial charge >= 0.3 is 0 Å². The first-order valence-corrected chi connectivity index (χ1v) is 12.5. The van der Waals surface area contributed by atoms with E-state index >= 15 is 0 Å². The number of rotatable bonds is 9. The van der Waals surface area contributed by atoms with Crippen LogP contribution in [0.2, 0.25) is 19.1 Å². The number of unbranched alkanes of at least 4 members (excludes halogenated alkanes) is 5. The highest BCUT2D eigenvalue weighted by Gasteiger charge is 2.24. The highest BCUT2D eigenvalue weighted by Crippen LogP contribution is 2.19. The molecule has 1 rings (SSSR count). The second-order valence-corrected chi connectivity index (χ2v) is 12.1. The molecule has 0 saturated carbocycles. The first-order chi connectivity index (χ1) is 9.51. The van der Waals surface area contributed by atoms with Gasteiger partial charge in [0.1, 0.15) is 0 Å². The SMILES string of the molecule is CCCCCCCC[Si](C)(C)c1cc(CBr)ccc1C. The molecule has 0 spiro atoms. The van der Waals surface area contributed by atoms with E-state index < -0.39 is 8.07 Å². The first-order valence-electron chi connectivity index (χ1n) is 8.17. The predicted octanol–water partition coefficient (Wildman–Crippen LogP) is 6.17. The third-order valence-electron chi connectivity index (χ3n) is 4.34. The topological polar surface area (TPSA) is 0 Å². The van der Waals surface area contributed by atoms with Gasteiger partial charge in [0.25, 0.3) is 0 Å². The van der Waals surface area contributed by atoms with Crippen molar-refractivity contribution in [3.05, 3.63) is 29.3 Å². The van der Waals surface area contributed by atoms with E-state index in [1.54, 1.807) is 5.19 Å². The van der Waals surface area contributed by atoms with Crippen LogP contribution in [0.15, 0.2) is 18.2 Å². The largest absolute Gasteiger partial charge is 0.0876 e. The smallest absolute Gasteiger partial charge is 0.0809 e. The van der Waals surface area contributed by atoms with Crippen LogP contribution in [0.25, 0.3) is 0 Å². The molecule has 0 amide bonds. The lowest BCUT2D eigenvalue weighted by Gasteiger charge is -2.25. The highest BCUT2D eigenvalue weighted by molar-refractivity contribution is 9.08. The third-order valence-corrected chi connectivity index (χ3v) is 8.59. The molecule has 1 aromatic rings. The maximum atomic E-state index is 3.59. The van der Waals surface area contributed by atoms with Crippen molar-refractivity contribution in [2.75, 3.05) is 0 Å². The summed E-state index contributed by atoms with van der Waals surface area (Å²) in [4.78, 5) is 0. The summed E-state index contributed by atoms with van der Waals surface area (Å²) in [6.45, 7) is 9.65. The summed E-state index contributed by atoms with van der Waals surface area (Å²) in [7, 11) is -1.26. The molecule has 1 aromatic carbocycles. The fourth-order valence-corrected chi connectivity index (χ4v) is 6.44. The molecule has 2 heteroatoms. The van der Waals surface area contributed by atoms with Crippen LogP contribution < -0.4 is 5.19 Å². The average Bonchev–Trinajstić information content (AvgIpc) is 2.43. The van der Waals surface area contributed by atoms with Gasteiger partial charge in [-0.25, -0.2) is 0 Å². The van der Waals surface area contributed by atoms with Crippen LogP contribution in [0, 0.1) is 6.92 Å². The van der Waals surface area contributed by atoms with Gasteiger partial charge in [0.2, 0.25) is 0 Å². The molecule has 0 unspecified atom stereocenters. The molecule has 0 radical (unpaired) electrons. The number of halogens is 1. The standard InChI is InChI=1S/C18H31BrSi/c1-5-6-7-8-9-10-13-20(3,4)18-14-17(15-19)12-11-16(18)2/h11-12,14H,5-10,13,15H2,1-4H3. The summed E-state index contributed by atoms with van der Waals surface area (Å²) in [6, 6.07) is 8.45. The van der Waals surface area contributed by atoms with Gasteiger partial charge in [-0.3, -0.25) is 0 Å². The van der Waals surface area contributed by atoms with Gasteiger partial charge in [-0.1, -0.05) is 109 Å². The number of alkyl halides is 1. The van der Waals surface area contributed by atoms with Crippen LogP contribution in [0.1, 0.15) is 56.6 Å². The second kappa shape index (κ2) is 9.04. The maximum absolute atomic E-state index is 3.59. The van der Waals surface area contributed by atoms with E-state index in [-0.39, 0.29) is 0 Å². The summed E-state index contributed by atoms with van der Waals surface area (Å²) in [5.41, 5.74) is 2.92. The fraction of sp³-hybridized carbons (Fsp3) is 0.667. The molecule has 0 aliphatic rings. The highest BCUT2D eigenvalue weighted by atomic mass is 79.9. The molecule has 20 heavy (non-hydrogen) atoms. The number of aryl methyl sites for hydroxylation is 1. The fourth-order valence-electron chi connectivity index (χ4n) is 2.96. The van der Waals surface area contributed by atoms with E-state index in [9.17, 15) is 0 Å². The molecular weight excluding hydrogens is 324 g/mol. The van der Waals surface area contributed by atoms with Crippen LogP contribution in [-0.2, 0) is 5.33 Å². The average molecular weight is 355 g/mol. The normalized spacial score (nSPS) is 11.8. The molecule has 0 bridgehead atoms. The van der Waals surface area contributed by atoms with Crippen molar-refractivity contribution in [3.63, 3.8) is 0 Å². The molecule has 0 saturated heterocycles. The zero-order chi connectivity index (χ0) is 15.0. The number of benzene rings is 1. The van der Waals surface area contributed by atoms with Crippen molar-refractivity contribution in [2.45, 2.75) is 76.8 Å². The van der Waals surface area contributed by atoms with E-state index in [0.29, 0.717) is 0 Å². The lowest BCUT2D eigenvalue weighted by molar-refractivity contribution is 0.623. The predicted molar refractivity (Wildman–Crippen MR) is 99.1 cm³/mol. The molecular formula is C18H31BrSi. The van der Waals surface area contributed by atoms with Gasteiger partial charge in [0.05, 0.1) is 8.07 Å². The minimum Gasteiger partial charge on any atom is -0.0876 e. The van der Waals surface area contributed by atoms with E-state index in [4.69, 9.17) is 0 Å². The molecule has 0 N–H and O–H groups in total. The lowest BCUT2D eigenvalue weighted by Crippen LogP contribution is -2.42. The van der Waals surface area contributed by atoms with Gasteiger partial charge in [0.15, 0.2) is 0 Å². The second-order valence-electron chi connectivity index (χ2n) is 6.68. The zero-order valence-corrected chi connectivity index (χ0v) is 16.4. The Morgan fingerprint density at radius 3 is 2.30 bits per heavy atom. The zero-order valence-electron chi connectivity index (χ0n) is 13.8. The van der Waals surface area contributed by atoms with Crippen LogP contribution in [0.4, 0.5) is 0 Å². The minimum absolute atomic E-state index is 0.974. The van der Waals surface area contributed by atoms with Crippen molar-refractivity contribution < 1.29 is 0 Å². The van der Waals surface area contributed by atoms with Gasteiger partial charge < -0.3 is 0 Å². The molecule has 0 aliphatic heterocycles. The van der Waals surface area contributed by atoms with Gasteiger partial charge in [-0.2, -0.15) is 0 Å². The Morgan fingerprint density at radius 2 is 1.65 bits per heavy atom. The van der Waals surface area contributed by atoms with Crippen molar-refractivity contribution in [2.24, 2.45) is 0 Å². The quantitative estimate of drug-likeness (QED) is 0.282. The molecule has 114 valence electrons. The van der Waals surface area contributed by atoms with E-state index in [0.717, 1.165) is 5.33 Å². The molecule has 0 aromatic heterocycles. The third kappa shape index (κ3) is 5.73. The van der Waals surface area contributed by atoms with Gasteiger partial charge in [-0.15, -0.1) is 0 Å². The Morgan fingerprint density at radius 1 is 1.00 bits per heavy atom. The van der Waals surface area contributed by atoms with Gasteiger partial charge in [0, 0.05) is 5.33 Å². The summed E-state index contributed by atoms with van der Waals surface area (Å²) >= 11 is 3.59. The van der Waals surface area contributed by atoms with Crippen molar-refractivity contribution >= 4 is 29.2 Å². The number of hydrogen-bond donors (Lipinski definition) is 0. The molecule has 0 fully saturated rings. The number of hydrogen-bond acceptors (Lipinski definition) is 0. The van der Waals surface area contributed by atoms with Crippen LogP contribution in [0.5, 0.6) is 0 Å². The Kier molecular flexibility index (Phi) is 8.12. The monoisotopic (exact) mass is 354 g/mol. The van der Waals surface area contributed by atoms with Crippen molar-refractivity contribution in [1.82, 2.24) is 0 Å². The summed E-state index contributed by atoms with van der Waals surface area (Å²) in [5.74, 6) is 0. The molecule has 0 nitrogen and oxygen atoms in total. The van der Waals surface area contributed by atoms with E-state index in [1.165, 1.54) is 55.7 Å². The lowest BCUT2D eigenvalue weighted by atomic mass is 10.1. The first kappa shape index (κ1) is 18.0. The van der Waals surface area contributed by atoms with Crippen LogP contribution >= 0.6 is 15.9 Å². The summed E-state index contributed by atoms with van der Waals surface area (Å²) < 4.78 is 0. The molecule has 0 heterocycles. The van der Waals surface area contributed by atoms with Crippen molar-refractivity contribution in [3.8, 4) is 0 Å². The Bertz CT molecular complexity index is 398. The minimum atomic E-state index is -1.26. The summed E-state index contributed by atoms with van der Waals surface area (Å²) in [5, 5.41) is 2.64. The Hall–Kier alpha value is -0.0831. The summed E-state index contributed by atoms with van der Waals surface area (Å²) in [6.07, 6.45) is 8.45. The van der Waals surface area contributed by atoms with Crippen LogP contribution in [-0.4, -0.2) is 8.07 Å². The maximum Gasteiger partial charge on any atom is 0.0809 e.